The molecule has 1 aromatic rings. The fraction of sp³-hybridized carbons (Fsp3) is 0.643. The molecular formula is C14H24N2O. The Morgan fingerprint density at radius 3 is 2.53 bits per heavy atom. The van der Waals surface area contributed by atoms with Gasteiger partial charge in [0.25, 0.3) is 0 Å². The number of aromatic nitrogens is 1. The van der Waals surface area contributed by atoms with Gasteiger partial charge in [-0.3, -0.25) is 4.98 Å². The van der Waals surface area contributed by atoms with Gasteiger partial charge >= 0.3 is 0 Å². The Bertz CT molecular complexity index is 327. The number of hydrogen-bond acceptors (Lipinski definition) is 3. The highest BCUT2D eigenvalue weighted by atomic mass is 16.3. The fourth-order valence-electron chi connectivity index (χ4n) is 1.80. The van der Waals surface area contributed by atoms with E-state index in [2.05, 4.69) is 37.1 Å². The van der Waals surface area contributed by atoms with E-state index in [4.69, 9.17) is 5.11 Å². The summed E-state index contributed by atoms with van der Waals surface area (Å²) in [6.45, 7) is 9.56. The van der Waals surface area contributed by atoms with Crippen LogP contribution in [0.15, 0.2) is 18.3 Å². The quantitative estimate of drug-likeness (QED) is 0.824. The van der Waals surface area contributed by atoms with E-state index in [0.717, 1.165) is 18.7 Å². The number of aryl methyl sites for hydroxylation is 1. The first-order chi connectivity index (χ1) is 7.93. The first kappa shape index (κ1) is 14.1. The maximum absolute atomic E-state index is 9.08. The van der Waals surface area contributed by atoms with Gasteiger partial charge in [0, 0.05) is 25.4 Å². The van der Waals surface area contributed by atoms with Crippen molar-refractivity contribution in [3.63, 3.8) is 0 Å². The molecule has 17 heavy (non-hydrogen) atoms. The zero-order valence-electron chi connectivity index (χ0n) is 11.3. The smallest absolute Gasteiger partial charge is 0.0541 e. The molecule has 1 unspecified atom stereocenters. The molecule has 0 bridgehead atoms. The molecule has 1 heterocycles. The second-order valence-corrected chi connectivity index (χ2v) is 5.64. The van der Waals surface area contributed by atoms with E-state index in [1.165, 1.54) is 5.56 Å². The molecule has 1 rings (SSSR count). The van der Waals surface area contributed by atoms with Gasteiger partial charge in [0.1, 0.15) is 0 Å². The van der Waals surface area contributed by atoms with Gasteiger partial charge in [-0.15, -0.1) is 0 Å². The monoisotopic (exact) mass is 236 g/mol. The van der Waals surface area contributed by atoms with Gasteiger partial charge in [-0.1, -0.05) is 26.8 Å². The lowest BCUT2D eigenvalue weighted by Crippen LogP contribution is -2.40. The van der Waals surface area contributed by atoms with Crippen LogP contribution >= 0.6 is 0 Å². The minimum absolute atomic E-state index is 0.146. The number of pyridine rings is 1. The Balaban J connectivity index is 2.54. The first-order valence-electron chi connectivity index (χ1n) is 6.19. The summed E-state index contributed by atoms with van der Waals surface area (Å²) in [6.07, 6.45) is 2.66. The van der Waals surface area contributed by atoms with E-state index >= 15 is 0 Å². The number of hydrogen-bond donors (Lipinski definition) is 2. The van der Waals surface area contributed by atoms with Crippen LogP contribution in [-0.2, 0) is 6.54 Å². The maximum atomic E-state index is 9.08. The molecule has 2 N–H and O–H groups in total. The Labute approximate surface area is 104 Å². The Morgan fingerprint density at radius 1 is 1.35 bits per heavy atom. The number of nitrogens with zero attached hydrogens (tertiary/aromatic N) is 1. The average molecular weight is 236 g/mol. The molecule has 3 heteroatoms. The van der Waals surface area contributed by atoms with E-state index in [9.17, 15) is 0 Å². The summed E-state index contributed by atoms with van der Waals surface area (Å²) in [7, 11) is 0. The van der Waals surface area contributed by atoms with Gasteiger partial charge in [-0.2, -0.15) is 0 Å². The van der Waals surface area contributed by atoms with Gasteiger partial charge in [0.2, 0.25) is 0 Å². The molecule has 1 atom stereocenters. The average Bonchev–Trinajstić information content (AvgIpc) is 2.25. The topological polar surface area (TPSA) is 45.1 Å². The number of rotatable bonds is 5. The lowest BCUT2D eigenvalue weighted by atomic mass is 9.85. The van der Waals surface area contributed by atoms with E-state index in [-0.39, 0.29) is 12.0 Å². The van der Waals surface area contributed by atoms with E-state index in [1.807, 2.05) is 19.2 Å². The summed E-state index contributed by atoms with van der Waals surface area (Å²) in [5, 5.41) is 12.6. The molecule has 3 nitrogen and oxygen atoms in total. The van der Waals surface area contributed by atoms with Crippen molar-refractivity contribution in [2.75, 3.05) is 6.61 Å². The van der Waals surface area contributed by atoms with E-state index < -0.39 is 0 Å². The van der Waals surface area contributed by atoms with Gasteiger partial charge in [0.05, 0.1) is 5.69 Å². The molecule has 0 amide bonds. The molecule has 0 aliphatic carbocycles. The predicted molar refractivity (Wildman–Crippen MR) is 70.8 cm³/mol. The summed E-state index contributed by atoms with van der Waals surface area (Å²) >= 11 is 0. The van der Waals surface area contributed by atoms with Crippen LogP contribution in [0.5, 0.6) is 0 Å². The lowest BCUT2D eigenvalue weighted by molar-refractivity contribution is 0.196. The minimum Gasteiger partial charge on any atom is -0.396 e. The summed E-state index contributed by atoms with van der Waals surface area (Å²) in [5.41, 5.74) is 2.37. The zero-order chi connectivity index (χ0) is 12.9. The van der Waals surface area contributed by atoms with Crippen molar-refractivity contribution in [2.45, 2.75) is 46.7 Å². The van der Waals surface area contributed by atoms with Gasteiger partial charge < -0.3 is 10.4 Å². The van der Waals surface area contributed by atoms with Crippen molar-refractivity contribution in [2.24, 2.45) is 5.41 Å². The van der Waals surface area contributed by atoms with Crippen LogP contribution in [0.25, 0.3) is 0 Å². The molecule has 0 saturated heterocycles. The molecule has 0 aromatic carbocycles. The van der Waals surface area contributed by atoms with Crippen molar-refractivity contribution in [3.05, 3.63) is 29.6 Å². The third-order valence-corrected chi connectivity index (χ3v) is 2.97. The second kappa shape index (κ2) is 6.12. The number of aliphatic hydroxyl groups is 1. The van der Waals surface area contributed by atoms with E-state index in [1.54, 1.807) is 0 Å². The Hall–Kier alpha value is -0.930. The highest BCUT2D eigenvalue weighted by Gasteiger charge is 2.23. The minimum atomic E-state index is 0.146. The standard InChI is InChI=1S/C14H24N2O/c1-11-5-6-12(15-9-11)10-16-13(7-8-17)14(2,3)4/h5-6,9,13,16-17H,7-8,10H2,1-4H3. The normalized spacial score (nSPS) is 13.7. The zero-order valence-corrected chi connectivity index (χ0v) is 11.3. The third-order valence-electron chi connectivity index (χ3n) is 2.97. The van der Waals surface area contributed by atoms with E-state index in [0.29, 0.717) is 6.04 Å². The molecule has 0 aliphatic heterocycles. The molecule has 96 valence electrons. The van der Waals surface area contributed by atoms with Crippen LogP contribution in [-0.4, -0.2) is 22.7 Å². The van der Waals surface area contributed by atoms with Crippen LogP contribution in [0.1, 0.15) is 38.4 Å². The fourth-order valence-corrected chi connectivity index (χ4v) is 1.80. The molecule has 0 spiro atoms. The maximum Gasteiger partial charge on any atom is 0.0541 e. The molecule has 0 fully saturated rings. The van der Waals surface area contributed by atoms with Crippen LogP contribution in [0.3, 0.4) is 0 Å². The summed E-state index contributed by atoms with van der Waals surface area (Å²) < 4.78 is 0. The van der Waals surface area contributed by atoms with Crippen LogP contribution < -0.4 is 5.32 Å². The Morgan fingerprint density at radius 2 is 2.06 bits per heavy atom. The van der Waals surface area contributed by atoms with Gasteiger partial charge in [-0.25, -0.2) is 0 Å². The highest BCUT2D eigenvalue weighted by molar-refractivity contribution is 5.12. The molecule has 0 radical (unpaired) electrons. The summed E-state index contributed by atoms with van der Waals surface area (Å²) in [4.78, 5) is 4.37. The molecule has 1 aromatic heterocycles. The van der Waals surface area contributed by atoms with Crippen molar-refractivity contribution in [1.82, 2.24) is 10.3 Å². The Kier molecular flexibility index (Phi) is 5.09. The number of aliphatic hydroxyl groups excluding tert-OH is 1. The SMILES string of the molecule is Cc1ccc(CNC(CCO)C(C)(C)C)nc1. The largest absolute Gasteiger partial charge is 0.396 e. The lowest BCUT2D eigenvalue weighted by Gasteiger charge is -2.31. The van der Waals surface area contributed by atoms with Crippen molar-refractivity contribution < 1.29 is 5.11 Å². The van der Waals surface area contributed by atoms with Crippen LogP contribution in [0.4, 0.5) is 0 Å². The van der Waals surface area contributed by atoms with Crippen LogP contribution in [0.2, 0.25) is 0 Å². The summed E-state index contributed by atoms with van der Waals surface area (Å²) in [6, 6.07) is 4.42. The third kappa shape index (κ3) is 4.84. The highest BCUT2D eigenvalue weighted by Crippen LogP contribution is 2.21. The van der Waals surface area contributed by atoms with Crippen molar-refractivity contribution in [3.8, 4) is 0 Å². The molecule has 0 saturated carbocycles. The van der Waals surface area contributed by atoms with Gasteiger partial charge in [-0.05, 0) is 30.4 Å². The van der Waals surface area contributed by atoms with Crippen molar-refractivity contribution >= 4 is 0 Å². The predicted octanol–water partition coefficient (Wildman–Crippen LogP) is 2.28. The molecule has 0 aliphatic rings. The summed E-state index contributed by atoms with van der Waals surface area (Å²) in [5.74, 6) is 0. The first-order valence-corrected chi connectivity index (χ1v) is 6.19. The molecular weight excluding hydrogens is 212 g/mol. The van der Waals surface area contributed by atoms with Crippen molar-refractivity contribution in [1.29, 1.82) is 0 Å². The second-order valence-electron chi connectivity index (χ2n) is 5.64. The number of nitrogens with one attached hydrogen (secondary N) is 1. The van der Waals surface area contributed by atoms with Gasteiger partial charge in [0.15, 0.2) is 0 Å². The van der Waals surface area contributed by atoms with Crippen LogP contribution in [0, 0.1) is 12.3 Å².